The third-order valence-corrected chi connectivity index (χ3v) is 4.67. The summed E-state index contributed by atoms with van der Waals surface area (Å²) in [5, 5.41) is 3.92. The van der Waals surface area contributed by atoms with Crippen molar-refractivity contribution in [2.24, 2.45) is 17.8 Å². The maximum atomic E-state index is 11.9. The van der Waals surface area contributed by atoms with E-state index in [1.54, 1.807) is 0 Å². The lowest BCUT2D eigenvalue weighted by Gasteiger charge is -2.22. The summed E-state index contributed by atoms with van der Waals surface area (Å²) >= 11 is 3.38. The van der Waals surface area contributed by atoms with Crippen LogP contribution in [-0.4, -0.2) is 17.3 Å². The highest BCUT2D eigenvalue weighted by Crippen LogP contribution is 2.48. The molecule has 0 radical (unpaired) electrons. The van der Waals surface area contributed by atoms with E-state index in [9.17, 15) is 4.79 Å². The summed E-state index contributed by atoms with van der Waals surface area (Å²) in [6, 6.07) is 0.265. The van der Waals surface area contributed by atoms with Gasteiger partial charge in [0.25, 0.3) is 0 Å². The highest BCUT2D eigenvalue weighted by Gasteiger charge is 2.43. The molecule has 4 unspecified atom stereocenters. The number of rotatable bonds is 3. The molecule has 2 aliphatic carbocycles. The Kier molecular flexibility index (Phi) is 3.15. The molecule has 3 heteroatoms. The van der Waals surface area contributed by atoms with Crippen molar-refractivity contribution in [1.82, 2.24) is 5.32 Å². The third kappa shape index (κ3) is 1.97. The van der Waals surface area contributed by atoms with Gasteiger partial charge < -0.3 is 5.32 Å². The van der Waals surface area contributed by atoms with Crippen molar-refractivity contribution in [3.8, 4) is 0 Å². The van der Waals surface area contributed by atoms with Crippen LogP contribution in [0.15, 0.2) is 0 Å². The number of hydrogen-bond acceptors (Lipinski definition) is 1. The molecule has 80 valence electrons. The highest BCUT2D eigenvalue weighted by molar-refractivity contribution is 9.09. The Morgan fingerprint density at radius 3 is 2.79 bits per heavy atom. The van der Waals surface area contributed by atoms with Gasteiger partial charge in [0, 0.05) is 17.3 Å². The van der Waals surface area contributed by atoms with Crippen LogP contribution < -0.4 is 5.32 Å². The lowest BCUT2D eigenvalue weighted by Crippen LogP contribution is -2.39. The van der Waals surface area contributed by atoms with Crippen LogP contribution in [0, 0.1) is 17.8 Å². The molecule has 2 rings (SSSR count). The Hall–Kier alpha value is -0.0500. The molecule has 14 heavy (non-hydrogen) atoms. The summed E-state index contributed by atoms with van der Waals surface area (Å²) in [6.07, 6.45) is 5.10. The Morgan fingerprint density at radius 1 is 1.50 bits per heavy atom. The van der Waals surface area contributed by atoms with E-state index in [1.807, 2.05) is 6.92 Å². The molecule has 2 fully saturated rings. The minimum absolute atomic E-state index is 0.265. The largest absolute Gasteiger partial charge is 0.353 e. The molecule has 2 bridgehead atoms. The molecule has 0 aromatic carbocycles. The fraction of sp³-hybridized carbons (Fsp3) is 0.909. The number of nitrogens with one attached hydrogen (secondary N) is 1. The van der Waals surface area contributed by atoms with Gasteiger partial charge in [0.2, 0.25) is 5.91 Å². The molecule has 2 aliphatic rings. The molecule has 1 amide bonds. The zero-order valence-corrected chi connectivity index (χ0v) is 10.2. The van der Waals surface area contributed by atoms with Crippen molar-refractivity contribution in [3.63, 3.8) is 0 Å². The van der Waals surface area contributed by atoms with Crippen LogP contribution in [0.25, 0.3) is 0 Å². The van der Waals surface area contributed by atoms with Gasteiger partial charge in [0.1, 0.15) is 0 Å². The normalized spacial score (nSPS) is 37.1. The molecule has 2 saturated carbocycles. The quantitative estimate of drug-likeness (QED) is 0.775. The number of alkyl halides is 1. The van der Waals surface area contributed by atoms with Gasteiger partial charge in [0.15, 0.2) is 0 Å². The molecule has 0 spiro atoms. The van der Waals surface area contributed by atoms with Gasteiger partial charge in [-0.1, -0.05) is 22.4 Å². The molecule has 2 nitrogen and oxygen atoms in total. The molecule has 0 aliphatic heterocycles. The maximum Gasteiger partial charge on any atom is 0.223 e. The van der Waals surface area contributed by atoms with Crippen LogP contribution in [0.4, 0.5) is 0 Å². The van der Waals surface area contributed by atoms with Crippen molar-refractivity contribution >= 4 is 21.8 Å². The summed E-state index contributed by atoms with van der Waals surface area (Å²) in [4.78, 5) is 11.9. The number of halogens is 1. The topological polar surface area (TPSA) is 29.1 Å². The number of fused-ring (bicyclic) bond motifs is 2. The van der Waals surface area contributed by atoms with Crippen LogP contribution >= 0.6 is 15.9 Å². The Labute approximate surface area is 94.0 Å². The number of carbonyl (C=O) groups is 1. The second-order valence-electron chi connectivity index (χ2n) is 4.85. The molecule has 4 atom stereocenters. The second-order valence-corrected chi connectivity index (χ2v) is 5.49. The van der Waals surface area contributed by atoms with E-state index in [1.165, 1.54) is 19.3 Å². The zero-order chi connectivity index (χ0) is 10.1. The van der Waals surface area contributed by atoms with Crippen molar-refractivity contribution in [2.75, 3.05) is 5.33 Å². The minimum atomic E-state index is 0.265. The lowest BCUT2D eigenvalue weighted by atomic mass is 9.88. The SMILES string of the molecule is CC(CBr)NC(=O)C1CC2CCC1C2. The van der Waals surface area contributed by atoms with Crippen molar-refractivity contribution in [2.45, 2.75) is 38.6 Å². The average molecular weight is 260 g/mol. The van der Waals surface area contributed by atoms with Gasteiger partial charge in [-0.3, -0.25) is 4.79 Å². The van der Waals surface area contributed by atoms with E-state index in [-0.39, 0.29) is 6.04 Å². The predicted molar refractivity (Wildman–Crippen MR) is 60.3 cm³/mol. The van der Waals surface area contributed by atoms with Crippen molar-refractivity contribution < 1.29 is 4.79 Å². The predicted octanol–water partition coefficient (Wildman–Crippen LogP) is 2.32. The van der Waals surface area contributed by atoms with Crippen LogP contribution in [0.3, 0.4) is 0 Å². The van der Waals surface area contributed by atoms with Crippen LogP contribution in [0.2, 0.25) is 0 Å². The summed E-state index contributed by atoms with van der Waals surface area (Å²) in [7, 11) is 0. The van der Waals surface area contributed by atoms with Crippen molar-refractivity contribution in [1.29, 1.82) is 0 Å². The maximum absolute atomic E-state index is 11.9. The highest BCUT2D eigenvalue weighted by atomic mass is 79.9. The summed E-state index contributed by atoms with van der Waals surface area (Å²) in [5.74, 6) is 2.18. The summed E-state index contributed by atoms with van der Waals surface area (Å²) < 4.78 is 0. The van der Waals surface area contributed by atoms with Gasteiger partial charge in [-0.15, -0.1) is 0 Å². The fourth-order valence-electron chi connectivity index (χ4n) is 2.95. The van der Waals surface area contributed by atoms with Crippen LogP contribution in [0.5, 0.6) is 0 Å². The average Bonchev–Trinajstić information content (AvgIpc) is 2.78. The molecule has 0 aromatic heterocycles. The molecular formula is C11H18BrNO. The standard InChI is InChI=1S/C11H18BrNO/c1-7(6-12)13-11(14)10-5-8-2-3-9(10)4-8/h7-10H,2-6H2,1H3,(H,13,14). The number of hydrogen-bond donors (Lipinski definition) is 1. The third-order valence-electron chi connectivity index (χ3n) is 3.69. The van der Waals surface area contributed by atoms with E-state index in [2.05, 4.69) is 21.2 Å². The van der Waals surface area contributed by atoms with Gasteiger partial charge in [-0.2, -0.15) is 0 Å². The molecule has 0 heterocycles. The number of carbonyl (C=O) groups excluding carboxylic acids is 1. The van der Waals surface area contributed by atoms with E-state index in [4.69, 9.17) is 0 Å². The smallest absolute Gasteiger partial charge is 0.223 e. The first-order valence-electron chi connectivity index (χ1n) is 5.57. The van der Waals surface area contributed by atoms with Crippen molar-refractivity contribution in [3.05, 3.63) is 0 Å². The van der Waals surface area contributed by atoms with E-state index in [0.29, 0.717) is 17.7 Å². The fourth-order valence-corrected chi connectivity index (χ4v) is 3.12. The van der Waals surface area contributed by atoms with Crippen LogP contribution in [-0.2, 0) is 4.79 Å². The van der Waals surface area contributed by atoms with Gasteiger partial charge >= 0.3 is 0 Å². The Balaban J connectivity index is 1.87. The minimum Gasteiger partial charge on any atom is -0.353 e. The summed E-state index contributed by atoms with van der Waals surface area (Å²) in [5.41, 5.74) is 0. The second kappa shape index (κ2) is 4.21. The Morgan fingerprint density at radius 2 is 2.29 bits per heavy atom. The lowest BCUT2D eigenvalue weighted by molar-refractivity contribution is -0.127. The van der Waals surface area contributed by atoms with E-state index in [0.717, 1.165) is 17.7 Å². The van der Waals surface area contributed by atoms with Gasteiger partial charge in [-0.05, 0) is 38.0 Å². The molecular weight excluding hydrogens is 242 g/mol. The van der Waals surface area contributed by atoms with Gasteiger partial charge in [0.05, 0.1) is 0 Å². The molecule has 0 aromatic rings. The first-order valence-corrected chi connectivity index (χ1v) is 6.69. The Bertz CT molecular complexity index is 231. The van der Waals surface area contributed by atoms with Crippen LogP contribution in [0.1, 0.15) is 32.6 Å². The van der Waals surface area contributed by atoms with E-state index < -0.39 is 0 Å². The molecule has 1 N–H and O–H groups in total. The monoisotopic (exact) mass is 259 g/mol. The molecule has 0 saturated heterocycles. The number of amides is 1. The summed E-state index contributed by atoms with van der Waals surface area (Å²) in [6.45, 7) is 2.04. The van der Waals surface area contributed by atoms with E-state index >= 15 is 0 Å². The first kappa shape index (κ1) is 10.5. The zero-order valence-electron chi connectivity index (χ0n) is 8.63. The van der Waals surface area contributed by atoms with Gasteiger partial charge in [-0.25, -0.2) is 0 Å². The first-order chi connectivity index (χ1) is 6.70.